The number of nitrogens with zero attached hydrogens (tertiary/aromatic N) is 2. The SMILES string of the molecule is CC(=O)N(CCNS(=O)(=O)c1cc(C)ccc1C)c1cccc2cccnc12. The van der Waals surface area contributed by atoms with Crippen molar-refractivity contribution in [1.82, 2.24) is 9.71 Å². The molecular formula is C21H23N3O3S. The van der Waals surface area contributed by atoms with Crippen LogP contribution in [0.1, 0.15) is 18.1 Å². The monoisotopic (exact) mass is 397 g/mol. The molecule has 0 aliphatic carbocycles. The molecular weight excluding hydrogens is 374 g/mol. The third-order valence-corrected chi connectivity index (χ3v) is 6.15. The summed E-state index contributed by atoms with van der Waals surface area (Å²) in [7, 11) is -3.66. The van der Waals surface area contributed by atoms with Gasteiger partial charge in [-0.25, -0.2) is 13.1 Å². The van der Waals surface area contributed by atoms with E-state index in [4.69, 9.17) is 0 Å². The summed E-state index contributed by atoms with van der Waals surface area (Å²) in [5.41, 5.74) is 2.92. The number of hydrogen-bond donors (Lipinski definition) is 1. The van der Waals surface area contributed by atoms with Crippen molar-refractivity contribution in [2.24, 2.45) is 0 Å². The molecule has 7 heteroatoms. The van der Waals surface area contributed by atoms with Crippen LogP contribution < -0.4 is 9.62 Å². The number of nitrogens with one attached hydrogen (secondary N) is 1. The van der Waals surface area contributed by atoms with Crippen molar-refractivity contribution in [2.45, 2.75) is 25.7 Å². The minimum absolute atomic E-state index is 0.0958. The molecule has 0 saturated carbocycles. The standard InChI is InChI=1S/C21H23N3O3S/c1-15-9-10-16(2)20(14-15)28(26,27)23-12-13-24(17(3)25)19-8-4-6-18-7-5-11-22-21(18)19/h4-11,14,23H,12-13H2,1-3H3. The molecule has 0 spiro atoms. The smallest absolute Gasteiger partial charge is 0.240 e. The second kappa shape index (κ2) is 8.08. The molecule has 0 unspecified atom stereocenters. The maximum atomic E-state index is 12.7. The number of aryl methyl sites for hydroxylation is 2. The quantitative estimate of drug-likeness (QED) is 0.693. The maximum absolute atomic E-state index is 12.7. The Morgan fingerprint density at radius 3 is 2.61 bits per heavy atom. The van der Waals surface area contributed by atoms with Crippen molar-refractivity contribution in [3.8, 4) is 0 Å². The van der Waals surface area contributed by atoms with Gasteiger partial charge in [0.05, 0.1) is 16.1 Å². The highest BCUT2D eigenvalue weighted by Gasteiger charge is 2.19. The summed E-state index contributed by atoms with van der Waals surface area (Å²) >= 11 is 0. The van der Waals surface area contributed by atoms with Crippen LogP contribution in [0.25, 0.3) is 10.9 Å². The molecule has 1 amide bonds. The van der Waals surface area contributed by atoms with Crippen LogP contribution >= 0.6 is 0 Å². The van der Waals surface area contributed by atoms with Gasteiger partial charge in [-0.1, -0.05) is 30.3 Å². The van der Waals surface area contributed by atoms with E-state index in [1.54, 1.807) is 30.2 Å². The lowest BCUT2D eigenvalue weighted by molar-refractivity contribution is -0.116. The lowest BCUT2D eigenvalue weighted by Crippen LogP contribution is -2.37. The summed E-state index contributed by atoms with van der Waals surface area (Å²) in [4.78, 5) is 18.4. The highest BCUT2D eigenvalue weighted by molar-refractivity contribution is 7.89. The number of anilines is 1. The first-order valence-electron chi connectivity index (χ1n) is 8.98. The lowest BCUT2D eigenvalue weighted by atomic mass is 10.1. The van der Waals surface area contributed by atoms with E-state index in [2.05, 4.69) is 9.71 Å². The summed E-state index contributed by atoms with van der Waals surface area (Å²) in [6.45, 7) is 5.37. The Morgan fingerprint density at radius 1 is 1.11 bits per heavy atom. The van der Waals surface area contributed by atoms with Gasteiger partial charge in [-0.15, -0.1) is 0 Å². The third kappa shape index (κ3) is 4.21. The number of fused-ring (bicyclic) bond motifs is 1. The van der Waals surface area contributed by atoms with Gasteiger partial charge in [0.15, 0.2) is 0 Å². The molecule has 1 N–H and O–H groups in total. The van der Waals surface area contributed by atoms with Gasteiger partial charge < -0.3 is 4.90 Å². The Bertz CT molecular complexity index is 1120. The van der Waals surface area contributed by atoms with E-state index in [-0.39, 0.29) is 23.9 Å². The Morgan fingerprint density at radius 2 is 1.86 bits per heavy atom. The molecule has 1 heterocycles. The molecule has 0 saturated heterocycles. The summed E-state index contributed by atoms with van der Waals surface area (Å²) < 4.78 is 28.0. The molecule has 0 aliphatic heterocycles. The molecule has 28 heavy (non-hydrogen) atoms. The number of benzene rings is 2. The average Bonchev–Trinajstić information content (AvgIpc) is 2.66. The topological polar surface area (TPSA) is 79.4 Å². The van der Waals surface area contributed by atoms with Crippen LogP contribution in [-0.4, -0.2) is 32.4 Å². The number of amides is 1. The molecule has 2 aromatic carbocycles. The van der Waals surface area contributed by atoms with Gasteiger partial charge in [-0.05, 0) is 43.2 Å². The van der Waals surface area contributed by atoms with Crippen molar-refractivity contribution in [3.05, 3.63) is 65.9 Å². The highest BCUT2D eigenvalue weighted by Crippen LogP contribution is 2.25. The minimum Gasteiger partial charge on any atom is -0.309 e. The van der Waals surface area contributed by atoms with Gasteiger partial charge in [0, 0.05) is 31.6 Å². The zero-order chi connectivity index (χ0) is 20.3. The van der Waals surface area contributed by atoms with Gasteiger partial charge >= 0.3 is 0 Å². The summed E-state index contributed by atoms with van der Waals surface area (Å²) in [6, 6.07) is 14.7. The van der Waals surface area contributed by atoms with Crippen molar-refractivity contribution in [2.75, 3.05) is 18.0 Å². The van der Waals surface area contributed by atoms with Crippen LogP contribution in [0.15, 0.2) is 59.6 Å². The van der Waals surface area contributed by atoms with Gasteiger partial charge in [0.2, 0.25) is 15.9 Å². The third-order valence-electron chi connectivity index (χ3n) is 4.54. The summed E-state index contributed by atoms with van der Waals surface area (Å²) in [5.74, 6) is -0.177. The van der Waals surface area contributed by atoms with Crippen LogP contribution in [0.2, 0.25) is 0 Å². The number of carbonyl (C=O) groups is 1. The molecule has 3 aromatic rings. The Balaban J connectivity index is 1.81. The number of sulfonamides is 1. The van der Waals surface area contributed by atoms with E-state index in [1.807, 2.05) is 43.3 Å². The number of para-hydroxylation sites is 1. The van der Waals surface area contributed by atoms with E-state index in [0.717, 1.165) is 10.9 Å². The molecule has 3 rings (SSSR count). The first kappa shape index (κ1) is 20.0. The zero-order valence-electron chi connectivity index (χ0n) is 16.1. The number of hydrogen-bond acceptors (Lipinski definition) is 4. The fourth-order valence-electron chi connectivity index (χ4n) is 3.12. The Labute approximate surface area is 165 Å². The molecule has 1 aromatic heterocycles. The van der Waals surface area contributed by atoms with Crippen LogP contribution in [0, 0.1) is 13.8 Å². The summed E-state index contributed by atoms with van der Waals surface area (Å²) in [6.07, 6.45) is 1.67. The van der Waals surface area contributed by atoms with Crippen LogP contribution in [0.4, 0.5) is 5.69 Å². The van der Waals surface area contributed by atoms with Crippen molar-refractivity contribution >= 4 is 32.5 Å². The van der Waals surface area contributed by atoms with Gasteiger partial charge in [-0.2, -0.15) is 0 Å². The van der Waals surface area contributed by atoms with E-state index in [0.29, 0.717) is 16.8 Å². The van der Waals surface area contributed by atoms with E-state index < -0.39 is 10.0 Å². The molecule has 0 bridgehead atoms. The van der Waals surface area contributed by atoms with Crippen molar-refractivity contribution in [3.63, 3.8) is 0 Å². The average molecular weight is 398 g/mol. The molecule has 0 atom stereocenters. The molecule has 0 fully saturated rings. The van der Waals surface area contributed by atoms with Crippen molar-refractivity contribution in [1.29, 1.82) is 0 Å². The number of pyridine rings is 1. The fraction of sp³-hybridized carbons (Fsp3) is 0.238. The number of rotatable bonds is 6. The van der Waals surface area contributed by atoms with Gasteiger partial charge in [0.1, 0.15) is 0 Å². The molecule has 146 valence electrons. The number of aromatic nitrogens is 1. The Hall–Kier alpha value is -2.77. The van der Waals surface area contributed by atoms with E-state index in [1.165, 1.54) is 6.92 Å². The predicted octanol–water partition coefficient (Wildman–Crippen LogP) is 3.18. The Kier molecular flexibility index (Phi) is 5.76. The number of carbonyl (C=O) groups excluding carboxylic acids is 1. The second-order valence-corrected chi connectivity index (χ2v) is 8.43. The van der Waals surface area contributed by atoms with Gasteiger partial charge in [0.25, 0.3) is 0 Å². The van der Waals surface area contributed by atoms with E-state index >= 15 is 0 Å². The normalized spacial score (nSPS) is 11.5. The first-order chi connectivity index (χ1) is 13.3. The van der Waals surface area contributed by atoms with E-state index in [9.17, 15) is 13.2 Å². The largest absolute Gasteiger partial charge is 0.309 e. The molecule has 0 radical (unpaired) electrons. The highest BCUT2D eigenvalue weighted by atomic mass is 32.2. The lowest BCUT2D eigenvalue weighted by Gasteiger charge is -2.22. The summed E-state index contributed by atoms with van der Waals surface area (Å²) in [5, 5.41) is 0.919. The minimum atomic E-state index is -3.66. The molecule has 6 nitrogen and oxygen atoms in total. The van der Waals surface area contributed by atoms with Crippen LogP contribution in [0.5, 0.6) is 0 Å². The second-order valence-electron chi connectivity index (χ2n) is 6.69. The fourth-order valence-corrected chi connectivity index (χ4v) is 4.47. The van der Waals surface area contributed by atoms with Crippen LogP contribution in [0.3, 0.4) is 0 Å². The predicted molar refractivity (Wildman–Crippen MR) is 111 cm³/mol. The van der Waals surface area contributed by atoms with Gasteiger partial charge in [-0.3, -0.25) is 9.78 Å². The maximum Gasteiger partial charge on any atom is 0.240 e. The molecule has 0 aliphatic rings. The van der Waals surface area contributed by atoms with Crippen molar-refractivity contribution < 1.29 is 13.2 Å². The first-order valence-corrected chi connectivity index (χ1v) is 10.5. The zero-order valence-corrected chi connectivity index (χ0v) is 17.0. The van der Waals surface area contributed by atoms with Crippen LogP contribution in [-0.2, 0) is 14.8 Å².